The molecule has 0 aliphatic carbocycles. The minimum Gasteiger partial charge on any atom is -0.486 e. The Bertz CT molecular complexity index is 483. The minimum atomic E-state index is 0.276. The number of epoxide rings is 1. The normalized spacial score (nSPS) is 19.4. The van der Waals surface area contributed by atoms with E-state index in [9.17, 15) is 0 Å². The van der Waals surface area contributed by atoms with E-state index in [-0.39, 0.29) is 6.10 Å². The average molecular weight is 204 g/mol. The number of ether oxygens (including phenoxy) is 2. The summed E-state index contributed by atoms with van der Waals surface area (Å²) >= 11 is 0. The second kappa shape index (κ2) is 3.28. The molecule has 0 amide bonds. The van der Waals surface area contributed by atoms with Crippen molar-refractivity contribution in [1.29, 1.82) is 0 Å². The fraction of sp³-hybridized carbons (Fsp3) is 0.333. The smallest absolute Gasteiger partial charge is 0.168 e. The lowest BCUT2D eigenvalue weighted by Gasteiger charge is -2.01. The van der Waals surface area contributed by atoms with E-state index in [0.29, 0.717) is 6.61 Å². The highest BCUT2D eigenvalue weighted by Gasteiger charge is 2.24. The standard InChI is InChI=1S/C12H12O3/c1-8-12(14-7-9-6-13-9)10-4-2-3-5-11(10)15-8/h2-5,9H,6-7H2,1H3. The monoisotopic (exact) mass is 204 g/mol. The van der Waals surface area contributed by atoms with Crippen LogP contribution in [0.1, 0.15) is 5.76 Å². The van der Waals surface area contributed by atoms with Gasteiger partial charge in [-0.3, -0.25) is 0 Å². The van der Waals surface area contributed by atoms with Crippen molar-refractivity contribution in [2.24, 2.45) is 0 Å². The molecule has 78 valence electrons. The first-order chi connectivity index (χ1) is 7.34. The topological polar surface area (TPSA) is 34.9 Å². The highest BCUT2D eigenvalue weighted by molar-refractivity contribution is 5.85. The number of benzene rings is 1. The van der Waals surface area contributed by atoms with E-state index in [1.54, 1.807) is 0 Å². The van der Waals surface area contributed by atoms with Crippen LogP contribution in [0.15, 0.2) is 28.7 Å². The second-order valence-corrected chi connectivity index (χ2v) is 3.75. The molecule has 1 saturated heterocycles. The van der Waals surface area contributed by atoms with Gasteiger partial charge in [0.1, 0.15) is 24.1 Å². The highest BCUT2D eigenvalue weighted by Crippen LogP contribution is 2.32. The van der Waals surface area contributed by atoms with Gasteiger partial charge in [0.2, 0.25) is 0 Å². The van der Waals surface area contributed by atoms with Gasteiger partial charge >= 0.3 is 0 Å². The van der Waals surface area contributed by atoms with Crippen LogP contribution in [0.2, 0.25) is 0 Å². The average Bonchev–Trinajstić information content (AvgIpc) is 3.00. The number of fused-ring (bicyclic) bond motifs is 1. The summed E-state index contributed by atoms with van der Waals surface area (Å²) in [5.74, 6) is 1.68. The summed E-state index contributed by atoms with van der Waals surface area (Å²) in [6.45, 7) is 3.35. The molecule has 1 atom stereocenters. The van der Waals surface area contributed by atoms with Gasteiger partial charge in [0.05, 0.1) is 12.0 Å². The predicted octanol–water partition coefficient (Wildman–Crippen LogP) is 2.52. The Labute approximate surface area is 87.6 Å². The fourth-order valence-electron chi connectivity index (χ4n) is 1.66. The van der Waals surface area contributed by atoms with Crippen LogP contribution in [0.25, 0.3) is 11.0 Å². The van der Waals surface area contributed by atoms with Crippen molar-refractivity contribution in [1.82, 2.24) is 0 Å². The van der Waals surface area contributed by atoms with Crippen LogP contribution in [0, 0.1) is 6.92 Å². The maximum atomic E-state index is 5.70. The molecular formula is C12H12O3. The van der Waals surface area contributed by atoms with Crippen molar-refractivity contribution in [3.05, 3.63) is 30.0 Å². The molecule has 1 aliphatic rings. The lowest BCUT2D eigenvalue weighted by atomic mass is 10.2. The number of aryl methyl sites for hydroxylation is 1. The van der Waals surface area contributed by atoms with Gasteiger partial charge in [-0.25, -0.2) is 0 Å². The van der Waals surface area contributed by atoms with E-state index >= 15 is 0 Å². The zero-order chi connectivity index (χ0) is 10.3. The third kappa shape index (κ3) is 1.59. The molecule has 2 heterocycles. The molecule has 0 spiro atoms. The Morgan fingerprint density at radius 1 is 1.40 bits per heavy atom. The predicted molar refractivity (Wildman–Crippen MR) is 56.2 cm³/mol. The summed E-state index contributed by atoms with van der Waals surface area (Å²) in [6, 6.07) is 7.90. The molecule has 0 saturated carbocycles. The van der Waals surface area contributed by atoms with Gasteiger partial charge in [0.15, 0.2) is 5.75 Å². The molecule has 1 aromatic carbocycles. The van der Waals surface area contributed by atoms with Crippen molar-refractivity contribution < 1.29 is 13.9 Å². The summed E-state index contributed by atoms with van der Waals surface area (Å²) in [5, 5.41) is 1.04. The molecule has 15 heavy (non-hydrogen) atoms. The summed E-state index contributed by atoms with van der Waals surface area (Å²) in [7, 11) is 0. The van der Waals surface area contributed by atoms with Gasteiger partial charge in [-0.05, 0) is 19.1 Å². The summed E-state index contributed by atoms with van der Waals surface area (Å²) in [5.41, 5.74) is 0.877. The van der Waals surface area contributed by atoms with Crippen LogP contribution < -0.4 is 4.74 Å². The Morgan fingerprint density at radius 3 is 3.00 bits per heavy atom. The van der Waals surface area contributed by atoms with Gasteiger partial charge in [-0.1, -0.05) is 12.1 Å². The Hall–Kier alpha value is -1.48. The van der Waals surface area contributed by atoms with Crippen LogP contribution in [-0.2, 0) is 4.74 Å². The maximum absolute atomic E-state index is 5.70. The summed E-state index contributed by atoms with van der Waals surface area (Å²) < 4.78 is 16.4. The molecule has 1 fully saturated rings. The lowest BCUT2D eigenvalue weighted by molar-refractivity contribution is 0.260. The minimum absolute atomic E-state index is 0.276. The first kappa shape index (κ1) is 8.80. The number of rotatable bonds is 3. The van der Waals surface area contributed by atoms with E-state index in [0.717, 1.165) is 29.1 Å². The van der Waals surface area contributed by atoms with Crippen LogP contribution in [0.5, 0.6) is 5.75 Å². The first-order valence-electron chi connectivity index (χ1n) is 5.07. The molecule has 1 aliphatic heterocycles. The van der Waals surface area contributed by atoms with Crippen molar-refractivity contribution in [2.45, 2.75) is 13.0 Å². The molecule has 2 aromatic rings. The van der Waals surface area contributed by atoms with Crippen molar-refractivity contribution in [3.8, 4) is 5.75 Å². The molecule has 3 nitrogen and oxygen atoms in total. The third-order valence-electron chi connectivity index (χ3n) is 2.53. The van der Waals surface area contributed by atoms with E-state index in [4.69, 9.17) is 13.9 Å². The number of hydrogen-bond acceptors (Lipinski definition) is 3. The quantitative estimate of drug-likeness (QED) is 0.720. The van der Waals surface area contributed by atoms with Crippen molar-refractivity contribution in [2.75, 3.05) is 13.2 Å². The van der Waals surface area contributed by atoms with Crippen molar-refractivity contribution in [3.63, 3.8) is 0 Å². The van der Waals surface area contributed by atoms with Crippen molar-refractivity contribution >= 4 is 11.0 Å². The van der Waals surface area contributed by atoms with E-state index < -0.39 is 0 Å². The zero-order valence-electron chi connectivity index (χ0n) is 8.53. The van der Waals surface area contributed by atoms with Gasteiger partial charge in [-0.15, -0.1) is 0 Å². The third-order valence-corrected chi connectivity index (χ3v) is 2.53. The molecule has 3 heteroatoms. The molecular weight excluding hydrogens is 192 g/mol. The fourth-order valence-corrected chi connectivity index (χ4v) is 1.66. The summed E-state index contributed by atoms with van der Waals surface area (Å²) in [6.07, 6.45) is 0.276. The van der Waals surface area contributed by atoms with Crippen LogP contribution in [-0.4, -0.2) is 19.3 Å². The van der Waals surface area contributed by atoms with Gasteiger partial charge in [0, 0.05) is 0 Å². The van der Waals surface area contributed by atoms with E-state index in [2.05, 4.69) is 0 Å². The van der Waals surface area contributed by atoms with Gasteiger partial charge in [-0.2, -0.15) is 0 Å². The second-order valence-electron chi connectivity index (χ2n) is 3.75. The van der Waals surface area contributed by atoms with Crippen LogP contribution in [0.4, 0.5) is 0 Å². The summed E-state index contributed by atoms with van der Waals surface area (Å²) in [4.78, 5) is 0. The molecule has 0 N–H and O–H groups in total. The van der Waals surface area contributed by atoms with Crippen LogP contribution >= 0.6 is 0 Å². The van der Waals surface area contributed by atoms with Gasteiger partial charge in [0.25, 0.3) is 0 Å². The zero-order valence-corrected chi connectivity index (χ0v) is 8.53. The largest absolute Gasteiger partial charge is 0.486 e. The van der Waals surface area contributed by atoms with E-state index in [1.165, 1.54) is 0 Å². The number of hydrogen-bond donors (Lipinski definition) is 0. The highest BCUT2D eigenvalue weighted by atomic mass is 16.6. The van der Waals surface area contributed by atoms with Gasteiger partial charge < -0.3 is 13.9 Å². The number of para-hydroxylation sites is 1. The SMILES string of the molecule is Cc1oc2ccccc2c1OCC1CO1. The Kier molecular flexibility index (Phi) is 1.92. The van der Waals surface area contributed by atoms with E-state index in [1.807, 2.05) is 31.2 Å². The molecule has 0 radical (unpaired) electrons. The van der Waals surface area contributed by atoms with Crippen LogP contribution in [0.3, 0.4) is 0 Å². The molecule has 1 unspecified atom stereocenters. The molecule has 0 bridgehead atoms. The Morgan fingerprint density at radius 2 is 2.20 bits per heavy atom. The molecule has 1 aromatic heterocycles. The number of furan rings is 1. The maximum Gasteiger partial charge on any atom is 0.168 e. The Balaban J connectivity index is 1.95. The lowest BCUT2D eigenvalue weighted by Crippen LogP contribution is -2.04. The molecule has 3 rings (SSSR count). The first-order valence-corrected chi connectivity index (χ1v) is 5.07.